The molecular formula is C26H42O6. The van der Waals surface area contributed by atoms with Crippen molar-refractivity contribution in [2.45, 2.75) is 116 Å². The van der Waals surface area contributed by atoms with Gasteiger partial charge in [0.05, 0.1) is 11.7 Å². The van der Waals surface area contributed by atoms with Crippen LogP contribution in [-0.2, 0) is 19.0 Å². The maximum absolute atomic E-state index is 12.2. The van der Waals surface area contributed by atoms with Gasteiger partial charge in [0.2, 0.25) is 0 Å². The van der Waals surface area contributed by atoms with Crippen LogP contribution in [0, 0.1) is 17.3 Å². The largest absolute Gasteiger partial charge is 0.453 e. The van der Waals surface area contributed by atoms with Gasteiger partial charge in [0.25, 0.3) is 0 Å². The van der Waals surface area contributed by atoms with Gasteiger partial charge >= 0.3 is 5.97 Å². The van der Waals surface area contributed by atoms with Crippen LogP contribution in [0.5, 0.6) is 0 Å². The molecule has 0 bridgehead atoms. The first-order valence-corrected chi connectivity index (χ1v) is 12.1. The van der Waals surface area contributed by atoms with Crippen LogP contribution in [0.3, 0.4) is 0 Å². The molecule has 2 saturated carbocycles. The molecule has 3 aliphatic rings. The van der Waals surface area contributed by atoms with E-state index in [4.69, 9.17) is 14.2 Å². The molecule has 9 atom stereocenters. The van der Waals surface area contributed by atoms with Gasteiger partial charge in [-0.3, -0.25) is 0 Å². The van der Waals surface area contributed by atoms with Gasteiger partial charge in [0.1, 0.15) is 12.2 Å². The monoisotopic (exact) mass is 450 g/mol. The van der Waals surface area contributed by atoms with E-state index < -0.39 is 42.3 Å². The highest BCUT2D eigenvalue weighted by Crippen LogP contribution is 2.57. The summed E-state index contributed by atoms with van der Waals surface area (Å²) in [5.74, 6) is 0.197. The first-order chi connectivity index (χ1) is 14.9. The van der Waals surface area contributed by atoms with Crippen LogP contribution in [0.2, 0.25) is 0 Å². The van der Waals surface area contributed by atoms with Crippen molar-refractivity contribution in [2.24, 2.45) is 17.3 Å². The molecule has 2 aliphatic carbocycles. The van der Waals surface area contributed by atoms with Gasteiger partial charge in [-0.25, -0.2) is 4.79 Å². The minimum absolute atomic E-state index is 0.180. The molecule has 3 fully saturated rings. The van der Waals surface area contributed by atoms with E-state index in [9.17, 15) is 15.0 Å². The molecule has 2 N–H and O–H groups in total. The van der Waals surface area contributed by atoms with Crippen molar-refractivity contribution in [3.8, 4) is 0 Å². The second kappa shape index (κ2) is 9.57. The van der Waals surface area contributed by atoms with Crippen LogP contribution in [0.15, 0.2) is 23.8 Å². The Hall–Kier alpha value is -1.21. The summed E-state index contributed by atoms with van der Waals surface area (Å²) in [7, 11) is 0. The number of ether oxygens (including phenoxy) is 3. The van der Waals surface area contributed by atoms with Crippen molar-refractivity contribution in [3.05, 3.63) is 23.8 Å². The molecule has 0 aromatic rings. The Labute approximate surface area is 193 Å². The number of esters is 1. The molecule has 32 heavy (non-hydrogen) atoms. The first-order valence-electron chi connectivity index (χ1n) is 12.1. The third-order valence-electron chi connectivity index (χ3n) is 8.11. The Kier molecular flexibility index (Phi) is 7.60. The van der Waals surface area contributed by atoms with E-state index in [1.165, 1.54) is 18.1 Å². The SMILES string of the molecule is C=C(C)[C@@H]1CC[C@@]2(C)CCC[C@@](C)(O[C@@H]3O[C@H](C)[C@@H](O)[C@H](OC(=O)C=C(C)C)[C@H]3O)[C@@H]2C1. The summed E-state index contributed by atoms with van der Waals surface area (Å²) >= 11 is 0. The van der Waals surface area contributed by atoms with Crippen molar-refractivity contribution in [1.82, 2.24) is 0 Å². The molecular weight excluding hydrogens is 408 g/mol. The highest BCUT2D eigenvalue weighted by atomic mass is 16.7. The van der Waals surface area contributed by atoms with Gasteiger partial charge in [-0.15, -0.1) is 0 Å². The second-order valence-corrected chi connectivity index (χ2v) is 11.1. The summed E-state index contributed by atoms with van der Waals surface area (Å²) in [5, 5.41) is 21.6. The maximum atomic E-state index is 12.2. The van der Waals surface area contributed by atoms with Crippen LogP contribution in [0.4, 0.5) is 0 Å². The zero-order valence-electron chi connectivity index (χ0n) is 20.6. The second-order valence-electron chi connectivity index (χ2n) is 11.1. The van der Waals surface area contributed by atoms with Crippen LogP contribution in [0.1, 0.15) is 80.1 Å². The lowest BCUT2D eigenvalue weighted by molar-refractivity contribution is -0.335. The lowest BCUT2D eigenvalue weighted by atomic mass is 9.53. The molecule has 1 aliphatic heterocycles. The van der Waals surface area contributed by atoms with Gasteiger partial charge in [0, 0.05) is 6.08 Å². The third-order valence-corrected chi connectivity index (χ3v) is 8.11. The standard InChI is InChI=1S/C26H42O6/c1-15(2)13-20(27)31-23-21(28)17(5)30-24(22(23)29)32-26(7)11-8-10-25(6)12-9-18(16(3)4)14-19(25)26/h13,17-19,21-24,28-29H,3,8-12,14H2,1-2,4-7H3/t17-,18-,19-,21-,22-,23+,24+,25-,26-/m1/s1. The Bertz CT molecular complexity index is 743. The lowest BCUT2D eigenvalue weighted by Gasteiger charge is -2.57. The number of carbonyl (C=O) groups excluding carboxylic acids is 1. The minimum Gasteiger partial charge on any atom is -0.453 e. The Morgan fingerprint density at radius 3 is 2.44 bits per heavy atom. The number of fused-ring (bicyclic) bond motifs is 1. The summed E-state index contributed by atoms with van der Waals surface area (Å²) in [6.45, 7) is 16.1. The van der Waals surface area contributed by atoms with Gasteiger partial charge < -0.3 is 24.4 Å². The fraction of sp³-hybridized carbons (Fsp3) is 0.808. The molecule has 0 spiro atoms. The Morgan fingerprint density at radius 1 is 1.12 bits per heavy atom. The quantitative estimate of drug-likeness (QED) is 0.369. The van der Waals surface area contributed by atoms with Gasteiger partial charge in [-0.05, 0) is 84.0 Å². The predicted molar refractivity (Wildman–Crippen MR) is 123 cm³/mol. The molecule has 0 unspecified atom stereocenters. The first kappa shape index (κ1) is 25.4. The smallest absolute Gasteiger partial charge is 0.331 e. The maximum Gasteiger partial charge on any atom is 0.331 e. The number of hydrogen-bond donors (Lipinski definition) is 2. The average Bonchev–Trinajstić information content (AvgIpc) is 2.68. The molecule has 0 radical (unpaired) electrons. The number of aliphatic hydroxyl groups excluding tert-OH is 2. The van der Waals surface area contributed by atoms with Gasteiger partial charge in [-0.2, -0.15) is 0 Å². The van der Waals surface area contributed by atoms with E-state index >= 15 is 0 Å². The molecule has 0 aromatic carbocycles. The highest BCUT2D eigenvalue weighted by molar-refractivity contribution is 5.82. The fourth-order valence-electron chi connectivity index (χ4n) is 6.16. The minimum atomic E-state index is -1.28. The van der Waals surface area contributed by atoms with E-state index in [-0.39, 0.29) is 5.41 Å². The van der Waals surface area contributed by atoms with E-state index in [2.05, 4.69) is 27.4 Å². The van der Waals surface area contributed by atoms with E-state index in [0.717, 1.165) is 37.7 Å². The molecule has 6 nitrogen and oxygen atoms in total. The number of carbonyl (C=O) groups is 1. The molecule has 1 saturated heterocycles. The number of allylic oxidation sites excluding steroid dienone is 2. The zero-order valence-corrected chi connectivity index (χ0v) is 20.6. The zero-order chi connectivity index (χ0) is 23.8. The molecule has 0 amide bonds. The molecule has 3 rings (SSSR count). The van der Waals surface area contributed by atoms with Crippen LogP contribution in [-0.4, -0.2) is 52.5 Å². The van der Waals surface area contributed by atoms with Crippen molar-refractivity contribution >= 4 is 5.97 Å². The lowest BCUT2D eigenvalue weighted by Crippen LogP contribution is -2.62. The topological polar surface area (TPSA) is 85.2 Å². The van der Waals surface area contributed by atoms with E-state index in [0.29, 0.717) is 11.8 Å². The average molecular weight is 451 g/mol. The van der Waals surface area contributed by atoms with E-state index in [1.54, 1.807) is 20.8 Å². The fourth-order valence-corrected chi connectivity index (χ4v) is 6.16. The van der Waals surface area contributed by atoms with Crippen molar-refractivity contribution < 1.29 is 29.2 Å². The van der Waals surface area contributed by atoms with Crippen LogP contribution < -0.4 is 0 Å². The summed E-state index contributed by atoms with van der Waals surface area (Å²) in [5.41, 5.74) is 1.70. The summed E-state index contributed by atoms with van der Waals surface area (Å²) in [6, 6.07) is 0. The van der Waals surface area contributed by atoms with Gasteiger partial charge in [0.15, 0.2) is 12.4 Å². The van der Waals surface area contributed by atoms with Crippen molar-refractivity contribution in [2.75, 3.05) is 0 Å². The summed E-state index contributed by atoms with van der Waals surface area (Å²) in [6.07, 6.45) is 2.64. The number of rotatable bonds is 5. The Balaban J connectivity index is 1.81. The third kappa shape index (κ3) is 5.14. The van der Waals surface area contributed by atoms with Gasteiger partial charge in [-0.1, -0.05) is 31.1 Å². The number of aliphatic hydroxyl groups is 2. The van der Waals surface area contributed by atoms with Crippen molar-refractivity contribution in [1.29, 1.82) is 0 Å². The summed E-state index contributed by atoms with van der Waals surface area (Å²) < 4.78 is 17.9. The molecule has 0 aromatic heterocycles. The van der Waals surface area contributed by atoms with Crippen LogP contribution >= 0.6 is 0 Å². The molecule has 6 heteroatoms. The normalized spacial score (nSPS) is 44.3. The Morgan fingerprint density at radius 2 is 1.81 bits per heavy atom. The van der Waals surface area contributed by atoms with E-state index in [1.807, 2.05) is 0 Å². The molecule has 1 heterocycles. The highest BCUT2D eigenvalue weighted by Gasteiger charge is 2.55. The summed E-state index contributed by atoms with van der Waals surface area (Å²) in [4.78, 5) is 12.2. The van der Waals surface area contributed by atoms with Crippen LogP contribution in [0.25, 0.3) is 0 Å². The molecule has 182 valence electrons. The number of hydrogen-bond acceptors (Lipinski definition) is 6. The van der Waals surface area contributed by atoms with Crippen molar-refractivity contribution in [3.63, 3.8) is 0 Å². The predicted octanol–water partition coefficient (Wildman–Crippen LogP) is 4.29.